The van der Waals surface area contributed by atoms with Crippen LogP contribution in [-0.4, -0.2) is 39.8 Å². The standard InChI is InChI=1S/C11H14FNO6S/c1-6(11(14)15)13-20(16,17)10-5-9(19-3)8(18-2)4-7(10)12/h4-6,13H,1-3H3,(H,14,15)/t6-/m0/s1. The Hall–Kier alpha value is -1.87. The average Bonchev–Trinajstić information content (AvgIpc) is 2.37. The molecule has 20 heavy (non-hydrogen) atoms. The Bertz CT molecular complexity index is 616. The summed E-state index contributed by atoms with van der Waals surface area (Å²) >= 11 is 0. The van der Waals surface area contributed by atoms with Crippen molar-refractivity contribution < 1.29 is 32.2 Å². The summed E-state index contributed by atoms with van der Waals surface area (Å²) < 4.78 is 49.2. The van der Waals surface area contributed by atoms with E-state index in [0.29, 0.717) is 0 Å². The minimum Gasteiger partial charge on any atom is -0.493 e. The topological polar surface area (TPSA) is 102 Å². The smallest absolute Gasteiger partial charge is 0.321 e. The van der Waals surface area contributed by atoms with Gasteiger partial charge in [-0.15, -0.1) is 0 Å². The van der Waals surface area contributed by atoms with Gasteiger partial charge in [0.1, 0.15) is 16.8 Å². The molecule has 1 rings (SSSR count). The maximum atomic E-state index is 13.8. The van der Waals surface area contributed by atoms with Crippen LogP contribution in [-0.2, 0) is 14.8 Å². The number of sulfonamides is 1. The van der Waals surface area contributed by atoms with Crippen molar-refractivity contribution in [3.8, 4) is 11.5 Å². The number of carboxylic acid groups (broad SMARTS) is 1. The van der Waals surface area contributed by atoms with Crippen molar-refractivity contribution in [3.63, 3.8) is 0 Å². The monoisotopic (exact) mass is 307 g/mol. The Morgan fingerprint density at radius 3 is 2.25 bits per heavy atom. The number of hydrogen-bond acceptors (Lipinski definition) is 5. The fourth-order valence-corrected chi connectivity index (χ4v) is 2.66. The summed E-state index contributed by atoms with van der Waals surface area (Å²) in [5.74, 6) is -2.42. The van der Waals surface area contributed by atoms with E-state index in [-0.39, 0.29) is 11.5 Å². The molecule has 1 aromatic carbocycles. The molecule has 1 atom stereocenters. The lowest BCUT2D eigenvalue weighted by atomic mass is 10.3. The second-order valence-corrected chi connectivity index (χ2v) is 5.50. The van der Waals surface area contributed by atoms with Crippen LogP contribution in [0.25, 0.3) is 0 Å². The number of rotatable bonds is 6. The fraction of sp³-hybridized carbons (Fsp3) is 0.364. The van der Waals surface area contributed by atoms with E-state index in [1.165, 1.54) is 14.2 Å². The number of nitrogens with one attached hydrogen (secondary N) is 1. The SMILES string of the molecule is COc1cc(F)c(S(=O)(=O)N[C@@H](C)C(=O)O)cc1OC. The van der Waals surface area contributed by atoms with Gasteiger partial charge in [0.05, 0.1) is 14.2 Å². The molecular weight excluding hydrogens is 293 g/mol. The van der Waals surface area contributed by atoms with Crippen LogP contribution in [0.5, 0.6) is 11.5 Å². The number of halogens is 1. The molecule has 0 fully saturated rings. The predicted molar refractivity (Wildman–Crippen MR) is 66.9 cm³/mol. The number of hydrogen-bond donors (Lipinski definition) is 2. The first-order valence-electron chi connectivity index (χ1n) is 5.39. The van der Waals surface area contributed by atoms with E-state index in [0.717, 1.165) is 19.1 Å². The van der Waals surface area contributed by atoms with Crippen LogP contribution in [0.4, 0.5) is 4.39 Å². The third-order valence-electron chi connectivity index (χ3n) is 2.43. The van der Waals surface area contributed by atoms with E-state index < -0.39 is 32.7 Å². The van der Waals surface area contributed by atoms with Crippen LogP contribution in [0.15, 0.2) is 17.0 Å². The van der Waals surface area contributed by atoms with Crippen LogP contribution < -0.4 is 14.2 Å². The largest absolute Gasteiger partial charge is 0.493 e. The summed E-state index contributed by atoms with van der Waals surface area (Å²) in [5, 5.41) is 8.68. The van der Waals surface area contributed by atoms with Crippen molar-refractivity contribution in [1.82, 2.24) is 4.72 Å². The van der Waals surface area contributed by atoms with E-state index in [1.54, 1.807) is 0 Å². The Balaban J connectivity index is 3.28. The molecule has 0 spiro atoms. The number of carboxylic acids is 1. The van der Waals surface area contributed by atoms with Crippen molar-refractivity contribution in [2.45, 2.75) is 17.9 Å². The number of methoxy groups -OCH3 is 2. The molecule has 0 saturated heterocycles. The molecule has 0 saturated carbocycles. The summed E-state index contributed by atoms with van der Waals surface area (Å²) in [6, 6.07) is 0.372. The fourth-order valence-electron chi connectivity index (χ4n) is 1.39. The van der Waals surface area contributed by atoms with Crippen LogP contribution in [0, 0.1) is 5.82 Å². The Kier molecular flexibility index (Phi) is 4.90. The normalized spacial score (nSPS) is 12.8. The summed E-state index contributed by atoms with van der Waals surface area (Å²) in [6.07, 6.45) is 0. The van der Waals surface area contributed by atoms with Crippen molar-refractivity contribution in [3.05, 3.63) is 17.9 Å². The maximum Gasteiger partial charge on any atom is 0.321 e. The maximum absolute atomic E-state index is 13.8. The van der Waals surface area contributed by atoms with Gasteiger partial charge >= 0.3 is 5.97 Å². The number of ether oxygens (including phenoxy) is 2. The van der Waals surface area contributed by atoms with Gasteiger partial charge in [0.2, 0.25) is 10.0 Å². The zero-order chi connectivity index (χ0) is 15.5. The first kappa shape index (κ1) is 16.2. The van der Waals surface area contributed by atoms with Gasteiger partial charge in [-0.25, -0.2) is 12.8 Å². The average molecular weight is 307 g/mol. The molecule has 0 radical (unpaired) electrons. The van der Waals surface area contributed by atoms with E-state index in [2.05, 4.69) is 0 Å². The van der Waals surface area contributed by atoms with Gasteiger partial charge in [-0.1, -0.05) is 0 Å². The van der Waals surface area contributed by atoms with Gasteiger partial charge in [0.25, 0.3) is 0 Å². The minimum absolute atomic E-state index is 0.0113. The Morgan fingerprint density at radius 1 is 1.30 bits per heavy atom. The molecule has 0 aliphatic heterocycles. The van der Waals surface area contributed by atoms with E-state index in [1.807, 2.05) is 4.72 Å². The third kappa shape index (κ3) is 3.36. The van der Waals surface area contributed by atoms with Crippen molar-refractivity contribution in [2.75, 3.05) is 14.2 Å². The van der Waals surface area contributed by atoms with Gasteiger partial charge in [-0.2, -0.15) is 4.72 Å². The van der Waals surface area contributed by atoms with Crippen molar-refractivity contribution >= 4 is 16.0 Å². The van der Waals surface area contributed by atoms with Crippen LogP contribution in [0.1, 0.15) is 6.92 Å². The molecule has 0 unspecified atom stereocenters. The number of benzene rings is 1. The highest BCUT2D eigenvalue weighted by molar-refractivity contribution is 7.89. The Morgan fingerprint density at radius 2 is 1.80 bits per heavy atom. The molecule has 0 heterocycles. The lowest BCUT2D eigenvalue weighted by molar-refractivity contribution is -0.138. The van der Waals surface area contributed by atoms with Gasteiger partial charge in [-0.05, 0) is 6.92 Å². The van der Waals surface area contributed by atoms with Crippen molar-refractivity contribution in [1.29, 1.82) is 0 Å². The zero-order valence-electron chi connectivity index (χ0n) is 11.0. The van der Waals surface area contributed by atoms with Crippen LogP contribution in [0.3, 0.4) is 0 Å². The van der Waals surface area contributed by atoms with Crippen LogP contribution in [0.2, 0.25) is 0 Å². The number of aliphatic carboxylic acids is 1. The molecule has 0 aliphatic rings. The molecule has 0 bridgehead atoms. The summed E-state index contributed by atoms with van der Waals surface area (Å²) in [7, 11) is -1.80. The lowest BCUT2D eigenvalue weighted by Gasteiger charge is -2.13. The van der Waals surface area contributed by atoms with E-state index in [9.17, 15) is 17.6 Å². The first-order valence-corrected chi connectivity index (χ1v) is 6.88. The first-order chi connectivity index (χ1) is 9.22. The lowest BCUT2D eigenvalue weighted by Crippen LogP contribution is -2.38. The second kappa shape index (κ2) is 6.06. The van der Waals surface area contributed by atoms with Crippen LogP contribution >= 0.6 is 0 Å². The van der Waals surface area contributed by atoms with E-state index in [4.69, 9.17) is 14.6 Å². The van der Waals surface area contributed by atoms with Gasteiger partial charge in [0.15, 0.2) is 11.5 Å². The number of carbonyl (C=O) groups is 1. The molecule has 0 amide bonds. The molecule has 1 aromatic rings. The molecule has 9 heteroatoms. The molecule has 7 nitrogen and oxygen atoms in total. The van der Waals surface area contributed by atoms with E-state index >= 15 is 0 Å². The summed E-state index contributed by atoms with van der Waals surface area (Å²) in [5.41, 5.74) is 0. The highest BCUT2D eigenvalue weighted by Gasteiger charge is 2.26. The van der Waals surface area contributed by atoms with Gasteiger partial charge < -0.3 is 14.6 Å². The molecule has 0 aromatic heterocycles. The summed E-state index contributed by atoms with van der Waals surface area (Å²) in [6.45, 7) is 1.12. The van der Waals surface area contributed by atoms with Gasteiger partial charge in [-0.3, -0.25) is 4.79 Å². The zero-order valence-corrected chi connectivity index (χ0v) is 11.8. The second-order valence-electron chi connectivity index (χ2n) is 3.82. The molecule has 2 N–H and O–H groups in total. The molecular formula is C11H14FNO6S. The predicted octanol–water partition coefficient (Wildman–Crippen LogP) is 0.594. The Labute approximate surface area is 115 Å². The van der Waals surface area contributed by atoms with Crippen molar-refractivity contribution in [2.24, 2.45) is 0 Å². The third-order valence-corrected chi connectivity index (χ3v) is 3.99. The highest BCUT2D eigenvalue weighted by Crippen LogP contribution is 2.31. The van der Waals surface area contributed by atoms with Gasteiger partial charge in [0, 0.05) is 12.1 Å². The minimum atomic E-state index is -4.33. The highest BCUT2D eigenvalue weighted by atomic mass is 32.2. The quantitative estimate of drug-likeness (QED) is 0.797. The summed E-state index contributed by atoms with van der Waals surface area (Å²) in [4.78, 5) is 9.93. The molecule has 0 aliphatic carbocycles. The molecule has 112 valence electrons.